The number of benzene rings is 1. The monoisotopic (exact) mass is 431 g/mol. The number of pyridine rings is 1. The summed E-state index contributed by atoms with van der Waals surface area (Å²) in [5.41, 5.74) is 1.88. The highest BCUT2D eigenvalue weighted by Crippen LogP contribution is 2.32. The second kappa shape index (κ2) is 7.94. The number of halogens is 2. The summed E-state index contributed by atoms with van der Waals surface area (Å²) >= 11 is 12.6. The van der Waals surface area contributed by atoms with Crippen molar-refractivity contribution in [2.75, 3.05) is 24.5 Å². The van der Waals surface area contributed by atoms with E-state index in [-0.39, 0.29) is 22.8 Å². The Morgan fingerprint density at radius 2 is 1.97 bits per heavy atom. The molecule has 0 spiro atoms. The van der Waals surface area contributed by atoms with Crippen LogP contribution in [0.15, 0.2) is 35.1 Å². The zero-order valence-corrected chi connectivity index (χ0v) is 18.1. The Bertz CT molecular complexity index is 1130. The van der Waals surface area contributed by atoms with Crippen LogP contribution in [0.5, 0.6) is 0 Å². The standard InChI is InChI=1S/C21H23Cl2N5O/c1-12(2)14-6-4-5-7-17(14)28-20-15(10-16(22)18(23)25-20)19(26-21(28)29)27-9-8-24-11-13(27)3/h4-7,10,12-13,24H,8-9,11H2,1-3H3/t13-/m0/s1. The van der Waals surface area contributed by atoms with E-state index in [4.69, 9.17) is 23.2 Å². The average Bonchev–Trinajstić information content (AvgIpc) is 2.69. The SMILES string of the molecule is CC(C)c1ccccc1-n1c(=O)nc(N2CCNC[C@@H]2C)c2cc(Cl)c(Cl)nc21. The van der Waals surface area contributed by atoms with E-state index in [0.717, 1.165) is 30.9 Å². The Kier molecular flexibility index (Phi) is 5.51. The van der Waals surface area contributed by atoms with Crippen LogP contribution in [0, 0.1) is 0 Å². The summed E-state index contributed by atoms with van der Waals surface area (Å²) in [6, 6.07) is 9.75. The molecule has 1 aliphatic rings. The third-order valence-corrected chi connectivity index (χ3v) is 6.00. The number of rotatable bonds is 3. The molecule has 1 fully saturated rings. The highest BCUT2D eigenvalue weighted by atomic mass is 35.5. The zero-order chi connectivity index (χ0) is 20.7. The molecule has 29 heavy (non-hydrogen) atoms. The van der Waals surface area contributed by atoms with Gasteiger partial charge in [-0.2, -0.15) is 4.98 Å². The molecule has 152 valence electrons. The molecule has 0 bridgehead atoms. The van der Waals surface area contributed by atoms with Gasteiger partial charge in [-0.1, -0.05) is 55.2 Å². The van der Waals surface area contributed by atoms with Gasteiger partial charge in [0.05, 0.1) is 16.1 Å². The number of hydrogen-bond donors (Lipinski definition) is 1. The van der Waals surface area contributed by atoms with E-state index in [9.17, 15) is 4.79 Å². The van der Waals surface area contributed by atoms with Gasteiger partial charge in [0.2, 0.25) is 0 Å². The van der Waals surface area contributed by atoms with Crippen LogP contribution >= 0.6 is 23.2 Å². The van der Waals surface area contributed by atoms with Gasteiger partial charge in [0.15, 0.2) is 5.65 Å². The van der Waals surface area contributed by atoms with Crippen LogP contribution in [0.2, 0.25) is 10.2 Å². The van der Waals surface area contributed by atoms with Crippen molar-refractivity contribution in [1.82, 2.24) is 19.9 Å². The second-order valence-corrected chi connectivity index (χ2v) is 8.41. The number of para-hydroxylation sites is 1. The van der Waals surface area contributed by atoms with Crippen molar-refractivity contribution >= 4 is 40.1 Å². The number of piperazine rings is 1. The summed E-state index contributed by atoms with van der Waals surface area (Å²) in [6.07, 6.45) is 0. The second-order valence-electron chi connectivity index (χ2n) is 7.65. The molecule has 3 aromatic rings. The van der Waals surface area contributed by atoms with Gasteiger partial charge in [0.25, 0.3) is 0 Å². The van der Waals surface area contributed by atoms with E-state index in [1.165, 1.54) is 0 Å². The Morgan fingerprint density at radius 1 is 1.21 bits per heavy atom. The minimum absolute atomic E-state index is 0.167. The van der Waals surface area contributed by atoms with Gasteiger partial charge >= 0.3 is 5.69 Å². The molecule has 2 aromatic heterocycles. The average molecular weight is 432 g/mol. The van der Waals surface area contributed by atoms with Crippen molar-refractivity contribution in [3.05, 3.63) is 56.6 Å². The fourth-order valence-corrected chi connectivity index (χ4v) is 4.14. The van der Waals surface area contributed by atoms with Crippen LogP contribution in [0.25, 0.3) is 16.7 Å². The Balaban J connectivity index is 2.06. The van der Waals surface area contributed by atoms with Crippen LogP contribution in [0.4, 0.5) is 5.82 Å². The zero-order valence-electron chi connectivity index (χ0n) is 16.6. The molecule has 3 heterocycles. The van der Waals surface area contributed by atoms with Gasteiger partial charge in [-0.05, 0) is 30.5 Å². The molecule has 1 saturated heterocycles. The Labute approximate surface area is 179 Å². The normalized spacial score (nSPS) is 17.3. The summed E-state index contributed by atoms with van der Waals surface area (Å²) in [5.74, 6) is 0.826. The first kappa shape index (κ1) is 20.1. The smallest absolute Gasteiger partial charge is 0.351 e. The third kappa shape index (κ3) is 3.61. The number of anilines is 1. The molecule has 4 rings (SSSR count). The maximum atomic E-state index is 13.3. The van der Waals surface area contributed by atoms with E-state index in [2.05, 4.69) is 41.0 Å². The van der Waals surface area contributed by atoms with E-state index in [1.54, 1.807) is 10.6 Å². The number of aromatic nitrogens is 3. The van der Waals surface area contributed by atoms with E-state index >= 15 is 0 Å². The van der Waals surface area contributed by atoms with Crippen LogP contribution in [0.3, 0.4) is 0 Å². The quantitative estimate of drug-likeness (QED) is 0.634. The molecular weight excluding hydrogens is 409 g/mol. The third-order valence-electron chi connectivity index (χ3n) is 5.33. The summed E-state index contributed by atoms with van der Waals surface area (Å²) in [5, 5.41) is 4.58. The maximum Gasteiger partial charge on any atom is 0.355 e. The summed E-state index contributed by atoms with van der Waals surface area (Å²) in [4.78, 5) is 24.4. The Hall–Kier alpha value is -2.15. The molecule has 0 radical (unpaired) electrons. The molecule has 1 N–H and O–H groups in total. The minimum Gasteiger partial charge on any atom is -0.351 e. The van der Waals surface area contributed by atoms with Crippen molar-refractivity contribution in [3.8, 4) is 5.69 Å². The number of nitrogens with one attached hydrogen (secondary N) is 1. The number of fused-ring (bicyclic) bond motifs is 1. The molecule has 0 amide bonds. The molecule has 6 nitrogen and oxygen atoms in total. The number of nitrogens with zero attached hydrogens (tertiary/aromatic N) is 4. The molecule has 1 aliphatic heterocycles. The van der Waals surface area contributed by atoms with Crippen molar-refractivity contribution in [1.29, 1.82) is 0 Å². The topological polar surface area (TPSA) is 63.1 Å². The van der Waals surface area contributed by atoms with Crippen LogP contribution in [-0.4, -0.2) is 40.2 Å². The predicted octanol–water partition coefficient (Wildman–Crippen LogP) is 4.01. The molecule has 1 aromatic carbocycles. The number of hydrogen-bond acceptors (Lipinski definition) is 5. The fourth-order valence-electron chi connectivity index (χ4n) is 3.85. The van der Waals surface area contributed by atoms with Crippen LogP contribution in [-0.2, 0) is 0 Å². The highest BCUT2D eigenvalue weighted by molar-refractivity contribution is 6.41. The van der Waals surface area contributed by atoms with Gasteiger partial charge in [-0.3, -0.25) is 0 Å². The van der Waals surface area contributed by atoms with Gasteiger partial charge in [-0.15, -0.1) is 0 Å². The first-order valence-electron chi connectivity index (χ1n) is 9.74. The predicted molar refractivity (Wildman–Crippen MR) is 119 cm³/mol. The van der Waals surface area contributed by atoms with E-state index in [1.807, 2.05) is 24.3 Å². The summed E-state index contributed by atoms with van der Waals surface area (Å²) in [7, 11) is 0. The summed E-state index contributed by atoms with van der Waals surface area (Å²) in [6.45, 7) is 8.67. The van der Waals surface area contributed by atoms with E-state index < -0.39 is 0 Å². The molecule has 8 heteroatoms. The lowest BCUT2D eigenvalue weighted by molar-refractivity contribution is 0.497. The van der Waals surface area contributed by atoms with Gasteiger partial charge in [-0.25, -0.2) is 14.3 Å². The molecular formula is C21H23Cl2N5O. The van der Waals surface area contributed by atoms with Crippen molar-refractivity contribution in [2.45, 2.75) is 32.7 Å². The summed E-state index contributed by atoms with van der Waals surface area (Å²) < 4.78 is 1.54. The minimum atomic E-state index is -0.378. The van der Waals surface area contributed by atoms with Crippen molar-refractivity contribution in [2.24, 2.45) is 0 Å². The highest BCUT2D eigenvalue weighted by Gasteiger charge is 2.25. The lowest BCUT2D eigenvalue weighted by Gasteiger charge is -2.35. The van der Waals surface area contributed by atoms with Gasteiger partial charge in [0, 0.05) is 25.7 Å². The molecule has 0 saturated carbocycles. The fraction of sp³-hybridized carbons (Fsp3) is 0.381. The lowest BCUT2D eigenvalue weighted by atomic mass is 10.0. The first-order chi connectivity index (χ1) is 13.9. The lowest BCUT2D eigenvalue weighted by Crippen LogP contribution is -2.50. The largest absolute Gasteiger partial charge is 0.355 e. The van der Waals surface area contributed by atoms with Gasteiger partial charge < -0.3 is 10.2 Å². The van der Waals surface area contributed by atoms with Crippen LogP contribution < -0.4 is 15.9 Å². The van der Waals surface area contributed by atoms with Crippen LogP contribution in [0.1, 0.15) is 32.3 Å². The van der Waals surface area contributed by atoms with E-state index in [0.29, 0.717) is 21.9 Å². The molecule has 0 unspecified atom stereocenters. The molecule has 1 atom stereocenters. The maximum absolute atomic E-state index is 13.3. The molecule has 0 aliphatic carbocycles. The first-order valence-corrected chi connectivity index (χ1v) is 10.5. The Morgan fingerprint density at radius 3 is 2.69 bits per heavy atom. The van der Waals surface area contributed by atoms with Crippen molar-refractivity contribution < 1.29 is 0 Å². The van der Waals surface area contributed by atoms with Gasteiger partial charge in [0.1, 0.15) is 11.0 Å². The van der Waals surface area contributed by atoms with Crippen molar-refractivity contribution in [3.63, 3.8) is 0 Å².